The molecule has 0 saturated carbocycles. The van der Waals surface area contributed by atoms with Gasteiger partial charge in [-0.25, -0.2) is 0 Å². The third-order valence-corrected chi connectivity index (χ3v) is 4.10. The summed E-state index contributed by atoms with van der Waals surface area (Å²) in [7, 11) is 0. The van der Waals surface area contributed by atoms with Gasteiger partial charge in [0.15, 0.2) is 0 Å². The average Bonchev–Trinajstić information content (AvgIpc) is 2.85. The quantitative estimate of drug-likeness (QED) is 0.787. The summed E-state index contributed by atoms with van der Waals surface area (Å²) in [6, 6.07) is 8.34. The molecule has 0 saturated heterocycles. The van der Waals surface area contributed by atoms with E-state index >= 15 is 0 Å². The highest BCUT2D eigenvalue weighted by Gasteiger charge is 2.16. The van der Waals surface area contributed by atoms with E-state index in [-0.39, 0.29) is 0 Å². The van der Waals surface area contributed by atoms with Crippen LogP contribution in [0, 0.1) is 0 Å². The molecule has 1 nitrogen and oxygen atoms in total. The Labute approximate surface area is 97.7 Å². The van der Waals surface area contributed by atoms with Crippen LogP contribution in [0.25, 0.3) is 10.4 Å². The zero-order valence-electron chi connectivity index (χ0n) is 8.09. The Balaban J connectivity index is 2.21. The fraction of sp³-hybridized carbons (Fsp3) is 0.167. The number of hydrogen-bond donors (Lipinski definition) is 1. The van der Waals surface area contributed by atoms with Gasteiger partial charge in [0.1, 0.15) is 0 Å². The Bertz CT molecular complexity index is 504. The molecule has 1 aromatic heterocycles. The lowest BCUT2D eigenvalue weighted by Gasteiger charge is -2.06. The van der Waals surface area contributed by atoms with Crippen LogP contribution in [0.15, 0.2) is 29.6 Å². The van der Waals surface area contributed by atoms with Crippen molar-refractivity contribution in [1.29, 1.82) is 0 Å². The Hall–Kier alpha value is -0.990. The lowest BCUT2D eigenvalue weighted by molar-refractivity contribution is 1.11. The number of nitrogens with one attached hydrogen (secondary N) is 1. The average molecular weight is 236 g/mol. The summed E-state index contributed by atoms with van der Waals surface area (Å²) in [5.74, 6) is 0. The van der Waals surface area contributed by atoms with Crippen molar-refractivity contribution in [3.05, 3.63) is 40.2 Å². The van der Waals surface area contributed by atoms with E-state index in [0.29, 0.717) is 0 Å². The molecule has 0 atom stereocenters. The standard InChI is InChI=1S/C12H10ClNS/c13-10-5-7-15-12(10)9-2-1-3-11-8(9)4-6-14-11/h1-3,5,7,14H,4,6H2. The first-order chi connectivity index (χ1) is 7.36. The van der Waals surface area contributed by atoms with Crippen LogP contribution in [0.5, 0.6) is 0 Å². The molecular formula is C12H10ClNS. The number of anilines is 1. The molecule has 0 bridgehead atoms. The molecule has 76 valence electrons. The van der Waals surface area contributed by atoms with E-state index < -0.39 is 0 Å². The molecule has 0 aliphatic carbocycles. The van der Waals surface area contributed by atoms with Crippen LogP contribution in [-0.4, -0.2) is 6.54 Å². The summed E-state index contributed by atoms with van der Waals surface area (Å²) in [4.78, 5) is 1.19. The Morgan fingerprint density at radius 3 is 3.00 bits per heavy atom. The molecule has 1 aliphatic heterocycles. The molecule has 2 heterocycles. The largest absolute Gasteiger partial charge is 0.384 e. The Morgan fingerprint density at radius 1 is 1.27 bits per heavy atom. The van der Waals surface area contributed by atoms with Gasteiger partial charge in [-0.05, 0) is 35.1 Å². The van der Waals surface area contributed by atoms with Crippen LogP contribution in [0.3, 0.4) is 0 Å². The molecule has 3 rings (SSSR count). The smallest absolute Gasteiger partial charge is 0.0592 e. The van der Waals surface area contributed by atoms with Crippen LogP contribution in [0.1, 0.15) is 5.56 Å². The molecule has 3 heteroatoms. The summed E-state index contributed by atoms with van der Waals surface area (Å²) in [6.07, 6.45) is 1.10. The SMILES string of the molecule is Clc1ccsc1-c1cccc2c1CCN2. The minimum absolute atomic E-state index is 0.861. The molecule has 0 radical (unpaired) electrons. The summed E-state index contributed by atoms with van der Waals surface area (Å²) < 4.78 is 0. The third-order valence-electron chi connectivity index (χ3n) is 2.73. The van der Waals surface area contributed by atoms with Crippen molar-refractivity contribution in [2.45, 2.75) is 6.42 Å². The highest BCUT2D eigenvalue weighted by atomic mass is 35.5. The van der Waals surface area contributed by atoms with Gasteiger partial charge in [-0.2, -0.15) is 0 Å². The Kier molecular flexibility index (Phi) is 2.19. The number of fused-ring (bicyclic) bond motifs is 1. The first-order valence-electron chi connectivity index (χ1n) is 4.95. The van der Waals surface area contributed by atoms with Gasteiger partial charge in [-0.1, -0.05) is 23.7 Å². The fourth-order valence-electron chi connectivity index (χ4n) is 2.04. The molecule has 0 spiro atoms. The number of hydrogen-bond acceptors (Lipinski definition) is 2. The summed E-state index contributed by atoms with van der Waals surface area (Å²) in [5, 5.41) is 6.29. The van der Waals surface area contributed by atoms with Crippen LogP contribution in [-0.2, 0) is 6.42 Å². The predicted molar refractivity (Wildman–Crippen MR) is 67.0 cm³/mol. The summed E-state index contributed by atoms with van der Waals surface area (Å²) >= 11 is 7.87. The number of rotatable bonds is 1. The van der Waals surface area contributed by atoms with E-state index in [1.54, 1.807) is 11.3 Å². The molecule has 1 aliphatic rings. The molecular weight excluding hydrogens is 226 g/mol. The van der Waals surface area contributed by atoms with Gasteiger partial charge in [0.2, 0.25) is 0 Å². The molecule has 0 fully saturated rings. The summed E-state index contributed by atoms with van der Waals surface area (Å²) in [6.45, 7) is 1.04. The van der Waals surface area contributed by atoms with Gasteiger partial charge in [0.25, 0.3) is 0 Å². The van der Waals surface area contributed by atoms with E-state index in [1.807, 2.05) is 11.4 Å². The maximum absolute atomic E-state index is 6.17. The fourth-order valence-corrected chi connectivity index (χ4v) is 3.25. The van der Waals surface area contributed by atoms with Gasteiger partial charge >= 0.3 is 0 Å². The van der Waals surface area contributed by atoms with E-state index in [0.717, 1.165) is 18.0 Å². The molecule has 1 aromatic carbocycles. The van der Waals surface area contributed by atoms with Crippen LogP contribution < -0.4 is 5.32 Å². The molecule has 0 amide bonds. The number of benzene rings is 1. The predicted octanol–water partition coefficient (Wildman–Crippen LogP) is 4.04. The molecule has 1 N–H and O–H groups in total. The van der Waals surface area contributed by atoms with Gasteiger partial charge in [-0.15, -0.1) is 11.3 Å². The van der Waals surface area contributed by atoms with Crippen LogP contribution in [0.2, 0.25) is 5.02 Å². The number of halogens is 1. The van der Waals surface area contributed by atoms with Crippen molar-refractivity contribution < 1.29 is 0 Å². The second-order valence-electron chi connectivity index (χ2n) is 3.61. The van der Waals surface area contributed by atoms with Gasteiger partial charge in [0, 0.05) is 12.2 Å². The maximum Gasteiger partial charge on any atom is 0.0592 e. The second kappa shape index (κ2) is 3.54. The van der Waals surface area contributed by atoms with Gasteiger partial charge in [-0.3, -0.25) is 0 Å². The van der Waals surface area contributed by atoms with Crippen LogP contribution in [0.4, 0.5) is 5.69 Å². The van der Waals surface area contributed by atoms with E-state index in [1.165, 1.54) is 21.7 Å². The lowest BCUT2D eigenvalue weighted by atomic mass is 10.0. The third kappa shape index (κ3) is 1.45. The van der Waals surface area contributed by atoms with E-state index in [4.69, 9.17) is 11.6 Å². The Morgan fingerprint density at radius 2 is 2.20 bits per heavy atom. The summed E-state index contributed by atoms with van der Waals surface area (Å²) in [5.41, 5.74) is 3.95. The first-order valence-corrected chi connectivity index (χ1v) is 6.21. The van der Waals surface area contributed by atoms with Crippen molar-refractivity contribution in [2.75, 3.05) is 11.9 Å². The van der Waals surface area contributed by atoms with Crippen molar-refractivity contribution >= 4 is 28.6 Å². The van der Waals surface area contributed by atoms with Crippen molar-refractivity contribution in [3.63, 3.8) is 0 Å². The topological polar surface area (TPSA) is 12.0 Å². The van der Waals surface area contributed by atoms with E-state index in [9.17, 15) is 0 Å². The van der Waals surface area contributed by atoms with Crippen LogP contribution >= 0.6 is 22.9 Å². The zero-order chi connectivity index (χ0) is 10.3. The number of thiophene rings is 1. The monoisotopic (exact) mass is 235 g/mol. The minimum atomic E-state index is 0.861. The van der Waals surface area contributed by atoms with E-state index in [2.05, 4.69) is 23.5 Å². The normalized spacial score (nSPS) is 13.7. The first kappa shape index (κ1) is 9.25. The van der Waals surface area contributed by atoms with Crippen molar-refractivity contribution in [1.82, 2.24) is 0 Å². The molecule has 2 aromatic rings. The van der Waals surface area contributed by atoms with Gasteiger partial charge in [0.05, 0.1) is 9.90 Å². The zero-order valence-corrected chi connectivity index (χ0v) is 9.66. The van der Waals surface area contributed by atoms with Gasteiger partial charge < -0.3 is 5.32 Å². The highest BCUT2D eigenvalue weighted by Crippen LogP contribution is 2.39. The molecule has 0 unspecified atom stereocenters. The molecule has 15 heavy (non-hydrogen) atoms. The minimum Gasteiger partial charge on any atom is -0.384 e. The van der Waals surface area contributed by atoms with Crippen molar-refractivity contribution in [2.24, 2.45) is 0 Å². The second-order valence-corrected chi connectivity index (χ2v) is 4.93. The maximum atomic E-state index is 6.17. The highest BCUT2D eigenvalue weighted by molar-refractivity contribution is 7.14. The lowest BCUT2D eigenvalue weighted by Crippen LogP contribution is -1.90. The van der Waals surface area contributed by atoms with Crippen molar-refractivity contribution in [3.8, 4) is 10.4 Å².